The highest BCUT2D eigenvalue weighted by Crippen LogP contribution is 2.24. The van der Waals surface area contributed by atoms with E-state index in [4.69, 9.17) is 0 Å². The first-order valence-electron chi connectivity index (χ1n) is 6.43. The Hall–Kier alpha value is -1.73. The summed E-state index contributed by atoms with van der Waals surface area (Å²) < 4.78 is 27.1. The molecule has 2 rings (SSSR count). The van der Waals surface area contributed by atoms with Crippen molar-refractivity contribution < 1.29 is 13.2 Å². The second-order valence-electron chi connectivity index (χ2n) is 4.57. The normalized spacial score (nSPS) is 11.4. The molecule has 1 heterocycles. The molecule has 0 atom stereocenters. The monoisotopic (exact) mass is 324 g/mol. The van der Waals surface area contributed by atoms with Gasteiger partial charge in [-0.05, 0) is 26.0 Å². The van der Waals surface area contributed by atoms with Gasteiger partial charge >= 0.3 is 0 Å². The van der Waals surface area contributed by atoms with Crippen LogP contribution in [0.25, 0.3) is 0 Å². The van der Waals surface area contributed by atoms with Crippen LogP contribution in [-0.4, -0.2) is 19.2 Å². The summed E-state index contributed by atoms with van der Waals surface area (Å²) in [6.07, 6.45) is 0.335. The fourth-order valence-electron chi connectivity index (χ4n) is 1.73. The van der Waals surface area contributed by atoms with Crippen LogP contribution in [0.4, 0.5) is 5.13 Å². The number of thiazole rings is 1. The van der Waals surface area contributed by atoms with Crippen LogP contribution in [0.5, 0.6) is 0 Å². The minimum absolute atomic E-state index is 0.0623. The van der Waals surface area contributed by atoms with Gasteiger partial charge in [-0.15, -0.1) is 11.3 Å². The number of aryl methyl sites for hydroxylation is 2. The number of anilines is 1. The van der Waals surface area contributed by atoms with Gasteiger partial charge in [-0.3, -0.25) is 9.52 Å². The lowest BCUT2D eigenvalue weighted by Crippen LogP contribution is -2.13. The Labute approximate surface area is 128 Å². The third kappa shape index (κ3) is 3.48. The molecule has 112 valence electrons. The number of sulfonamides is 1. The fourth-order valence-corrected chi connectivity index (χ4v) is 3.83. The zero-order chi connectivity index (χ0) is 15.6. The Morgan fingerprint density at radius 3 is 2.62 bits per heavy atom. The highest BCUT2D eigenvalue weighted by atomic mass is 32.2. The van der Waals surface area contributed by atoms with E-state index in [2.05, 4.69) is 9.71 Å². The predicted molar refractivity (Wildman–Crippen MR) is 83.5 cm³/mol. The molecule has 0 aliphatic rings. The van der Waals surface area contributed by atoms with E-state index in [-0.39, 0.29) is 10.7 Å². The number of hydrogen-bond acceptors (Lipinski definition) is 5. The van der Waals surface area contributed by atoms with Gasteiger partial charge in [0.1, 0.15) is 0 Å². The van der Waals surface area contributed by atoms with Gasteiger partial charge in [-0.1, -0.05) is 19.1 Å². The molecule has 0 saturated carbocycles. The summed E-state index contributed by atoms with van der Waals surface area (Å²) in [6.45, 7) is 5.44. The Morgan fingerprint density at radius 2 is 2.05 bits per heavy atom. The average Bonchev–Trinajstić information content (AvgIpc) is 2.75. The molecular weight excluding hydrogens is 308 g/mol. The van der Waals surface area contributed by atoms with Crippen molar-refractivity contribution in [3.05, 3.63) is 40.4 Å². The molecule has 1 aromatic heterocycles. The Bertz CT molecular complexity index is 760. The summed E-state index contributed by atoms with van der Waals surface area (Å²) in [5.41, 5.74) is 1.19. The molecule has 0 spiro atoms. The first-order chi connectivity index (χ1) is 9.83. The molecule has 0 amide bonds. The van der Waals surface area contributed by atoms with E-state index in [1.54, 1.807) is 19.1 Å². The molecule has 1 N–H and O–H groups in total. The summed E-state index contributed by atoms with van der Waals surface area (Å²) in [5, 5.41) is 0.331. The van der Waals surface area contributed by atoms with Crippen molar-refractivity contribution in [2.45, 2.75) is 32.1 Å². The van der Waals surface area contributed by atoms with E-state index in [1.807, 2.05) is 13.8 Å². The summed E-state index contributed by atoms with van der Waals surface area (Å²) in [5.74, 6) is -0.0898. The van der Waals surface area contributed by atoms with E-state index >= 15 is 0 Å². The van der Waals surface area contributed by atoms with Gasteiger partial charge in [0.05, 0.1) is 10.6 Å². The number of hydrogen-bond donors (Lipinski definition) is 1. The molecule has 0 bridgehead atoms. The summed E-state index contributed by atoms with van der Waals surface area (Å²) in [4.78, 5) is 16.9. The molecule has 5 nitrogen and oxygen atoms in total. The molecule has 0 unspecified atom stereocenters. The fraction of sp³-hybridized carbons (Fsp3) is 0.286. The molecule has 7 heteroatoms. The first kappa shape index (κ1) is 15.7. The zero-order valence-electron chi connectivity index (χ0n) is 12.0. The van der Waals surface area contributed by atoms with Gasteiger partial charge in [0.15, 0.2) is 10.9 Å². The lowest BCUT2D eigenvalue weighted by Gasteiger charge is -2.06. The first-order valence-corrected chi connectivity index (χ1v) is 8.73. The molecule has 0 aliphatic heterocycles. The lowest BCUT2D eigenvalue weighted by atomic mass is 10.1. The van der Waals surface area contributed by atoms with Crippen LogP contribution in [0.15, 0.2) is 29.2 Å². The molecule has 2 aromatic rings. The van der Waals surface area contributed by atoms with Crippen LogP contribution in [0.3, 0.4) is 0 Å². The van der Waals surface area contributed by atoms with Crippen molar-refractivity contribution in [2.24, 2.45) is 0 Å². The van der Waals surface area contributed by atoms with Crippen LogP contribution in [0.2, 0.25) is 0 Å². The highest BCUT2D eigenvalue weighted by molar-refractivity contribution is 7.93. The SMILES string of the molecule is CCC(=O)c1cccc(S(=O)(=O)Nc2nc(C)c(C)s2)c1. The van der Waals surface area contributed by atoms with E-state index in [0.717, 1.165) is 10.6 Å². The number of carbonyl (C=O) groups is 1. The van der Waals surface area contributed by atoms with Gasteiger partial charge in [0.2, 0.25) is 0 Å². The van der Waals surface area contributed by atoms with Crippen LogP contribution in [0.1, 0.15) is 34.3 Å². The topological polar surface area (TPSA) is 76.1 Å². The number of benzene rings is 1. The number of rotatable bonds is 5. The standard InChI is InChI=1S/C14H16N2O3S2/c1-4-13(17)11-6-5-7-12(8-11)21(18,19)16-14-15-9(2)10(3)20-14/h5-8H,4H2,1-3H3,(H,15,16). The summed E-state index contributed by atoms with van der Waals surface area (Å²) in [7, 11) is -3.74. The minimum atomic E-state index is -3.74. The van der Waals surface area contributed by atoms with Crippen molar-refractivity contribution in [2.75, 3.05) is 4.72 Å². The van der Waals surface area contributed by atoms with Crippen molar-refractivity contribution in [1.29, 1.82) is 0 Å². The number of nitrogens with zero attached hydrogens (tertiary/aromatic N) is 1. The second-order valence-corrected chi connectivity index (χ2v) is 7.46. The van der Waals surface area contributed by atoms with Crippen LogP contribution in [-0.2, 0) is 10.0 Å². The number of ketones is 1. The molecule has 0 saturated heterocycles. The van der Waals surface area contributed by atoms with Gasteiger partial charge in [-0.25, -0.2) is 13.4 Å². The molecule has 0 aliphatic carbocycles. The molecule has 1 aromatic carbocycles. The average molecular weight is 324 g/mol. The van der Waals surface area contributed by atoms with Crippen molar-refractivity contribution >= 4 is 32.3 Å². The maximum absolute atomic E-state index is 12.3. The molecule has 0 fully saturated rings. The molecule has 0 radical (unpaired) electrons. The largest absolute Gasteiger partial charge is 0.294 e. The Morgan fingerprint density at radius 1 is 1.33 bits per heavy atom. The van der Waals surface area contributed by atoms with Crippen LogP contribution in [0, 0.1) is 13.8 Å². The van der Waals surface area contributed by atoms with E-state index in [9.17, 15) is 13.2 Å². The van der Waals surface area contributed by atoms with Crippen LogP contribution >= 0.6 is 11.3 Å². The predicted octanol–water partition coefficient (Wildman–Crippen LogP) is 3.15. The highest BCUT2D eigenvalue weighted by Gasteiger charge is 2.18. The molecule has 21 heavy (non-hydrogen) atoms. The minimum Gasteiger partial charge on any atom is -0.294 e. The third-order valence-electron chi connectivity index (χ3n) is 3.04. The van der Waals surface area contributed by atoms with Crippen molar-refractivity contribution in [3.63, 3.8) is 0 Å². The molecular formula is C14H16N2O3S2. The maximum atomic E-state index is 12.3. The van der Waals surface area contributed by atoms with Crippen molar-refractivity contribution in [3.8, 4) is 0 Å². The van der Waals surface area contributed by atoms with Gasteiger partial charge in [0, 0.05) is 16.9 Å². The third-order valence-corrected chi connectivity index (χ3v) is 5.49. The van der Waals surface area contributed by atoms with E-state index in [0.29, 0.717) is 17.1 Å². The second kappa shape index (κ2) is 5.95. The van der Waals surface area contributed by atoms with Crippen molar-refractivity contribution in [1.82, 2.24) is 4.98 Å². The van der Waals surface area contributed by atoms with E-state index in [1.165, 1.54) is 23.5 Å². The maximum Gasteiger partial charge on any atom is 0.263 e. The smallest absolute Gasteiger partial charge is 0.263 e. The van der Waals surface area contributed by atoms with Gasteiger partial charge in [0.25, 0.3) is 10.0 Å². The number of nitrogens with one attached hydrogen (secondary N) is 1. The summed E-state index contributed by atoms with van der Waals surface area (Å²) >= 11 is 1.28. The quantitative estimate of drug-likeness (QED) is 0.857. The van der Waals surface area contributed by atoms with Gasteiger partial charge < -0.3 is 0 Å². The van der Waals surface area contributed by atoms with E-state index < -0.39 is 10.0 Å². The lowest BCUT2D eigenvalue weighted by molar-refractivity contribution is 0.0988. The summed E-state index contributed by atoms with van der Waals surface area (Å²) in [6, 6.07) is 6.03. The zero-order valence-corrected chi connectivity index (χ0v) is 13.6. The Balaban J connectivity index is 2.33. The number of Topliss-reactive ketones (excluding diaryl/α,β-unsaturated/α-hetero) is 1. The van der Waals surface area contributed by atoms with Crippen LogP contribution < -0.4 is 4.72 Å². The number of aromatic nitrogens is 1. The van der Waals surface area contributed by atoms with Gasteiger partial charge in [-0.2, -0.15) is 0 Å². The Kier molecular flexibility index (Phi) is 4.43. The number of carbonyl (C=O) groups excluding carboxylic acids is 1.